The summed E-state index contributed by atoms with van der Waals surface area (Å²) in [5.74, 6) is 0.950. The van der Waals surface area contributed by atoms with Crippen LogP contribution >= 0.6 is 0 Å². The number of benzene rings is 2. The van der Waals surface area contributed by atoms with Gasteiger partial charge in [0.25, 0.3) is 0 Å². The Bertz CT molecular complexity index is 775. The molecular formula is C28H38O3. The molecule has 0 aliphatic rings. The van der Waals surface area contributed by atoms with Crippen LogP contribution in [0.3, 0.4) is 0 Å². The molecule has 0 heterocycles. The van der Waals surface area contributed by atoms with Crippen molar-refractivity contribution in [3.05, 3.63) is 66.4 Å². The molecule has 0 aliphatic heterocycles. The van der Waals surface area contributed by atoms with Crippen LogP contribution in [0.25, 0.3) is 11.1 Å². The van der Waals surface area contributed by atoms with Gasteiger partial charge in [0, 0.05) is 0 Å². The van der Waals surface area contributed by atoms with Crippen LogP contribution in [0.2, 0.25) is 0 Å². The van der Waals surface area contributed by atoms with E-state index in [-0.39, 0.29) is 5.97 Å². The molecule has 0 saturated heterocycles. The van der Waals surface area contributed by atoms with E-state index in [1.54, 1.807) is 6.26 Å². The van der Waals surface area contributed by atoms with E-state index in [1.165, 1.54) is 38.5 Å². The minimum atomic E-state index is -0.261. The largest absolute Gasteiger partial charge is 0.465 e. The fourth-order valence-electron chi connectivity index (χ4n) is 3.18. The zero-order valence-electron chi connectivity index (χ0n) is 19.4. The maximum absolute atomic E-state index is 12.1. The van der Waals surface area contributed by atoms with E-state index in [1.807, 2.05) is 48.5 Å². The molecule has 3 heteroatoms. The maximum atomic E-state index is 12.1. The van der Waals surface area contributed by atoms with Gasteiger partial charge in [-0.1, -0.05) is 83.6 Å². The van der Waals surface area contributed by atoms with Gasteiger partial charge in [0.05, 0.1) is 18.4 Å². The van der Waals surface area contributed by atoms with Gasteiger partial charge in [-0.2, -0.15) is 0 Å². The lowest BCUT2D eigenvalue weighted by Crippen LogP contribution is -2.11. The molecule has 2 rings (SSSR count). The van der Waals surface area contributed by atoms with Crippen molar-refractivity contribution < 1.29 is 14.3 Å². The number of allylic oxidation sites excluding steroid dienone is 1. The van der Waals surface area contributed by atoms with E-state index in [0.29, 0.717) is 18.1 Å². The van der Waals surface area contributed by atoms with Crippen LogP contribution in [-0.4, -0.2) is 12.6 Å². The lowest BCUT2D eigenvalue weighted by molar-refractivity contribution is 0.0447. The van der Waals surface area contributed by atoms with Gasteiger partial charge in [0.1, 0.15) is 5.75 Å². The molecule has 2 aromatic rings. The SMILES string of the molecule is CCCCCCCCC=COc1ccc(-c2ccc(C(=O)OCC(C)CC)cc2)cc1. The number of hydrogen-bond acceptors (Lipinski definition) is 3. The number of carbonyl (C=O) groups excluding carboxylic acids is 1. The Morgan fingerprint density at radius 3 is 2.13 bits per heavy atom. The Hall–Kier alpha value is -2.55. The molecule has 0 radical (unpaired) electrons. The maximum Gasteiger partial charge on any atom is 0.338 e. The highest BCUT2D eigenvalue weighted by atomic mass is 16.5. The summed E-state index contributed by atoms with van der Waals surface area (Å²) in [7, 11) is 0. The normalized spacial score (nSPS) is 12.1. The summed E-state index contributed by atoms with van der Waals surface area (Å²) in [6.45, 7) is 6.88. The minimum absolute atomic E-state index is 0.261. The molecule has 0 aromatic heterocycles. The molecule has 2 aromatic carbocycles. The molecule has 31 heavy (non-hydrogen) atoms. The highest BCUT2D eigenvalue weighted by Gasteiger charge is 2.09. The zero-order chi connectivity index (χ0) is 22.3. The van der Waals surface area contributed by atoms with E-state index >= 15 is 0 Å². The summed E-state index contributed by atoms with van der Waals surface area (Å²) < 4.78 is 11.1. The average molecular weight is 423 g/mol. The Morgan fingerprint density at radius 2 is 1.48 bits per heavy atom. The number of ether oxygens (including phenoxy) is 2. The van der Waals surface area contributed by atoms with E-state index in [4.69, 9.17) is 9.47 Å². The summed E-state index contributed by atoms with van der Waals surface area (Å²) >= 11 is 0. The smallest absolute Gasteiger partial charge is 0.338 e. The Kier molecular flexibility index (Phi) is 11.5. The lowest BCUT2D eigenvalue weighted by atomic mass is 10.0. The van der Waals surface area contributed by atoms with Gasteiger partial charge in [0.15, 0.2) is 0 Å². The molecule has 168 valence electrons. The molecule has 1 atom stereocenters. The molecule has 0 fully saturated rings. The van der Waals surface area contributed by atoms with Crippen molar-refractivity contribution in [1.82, 2.24) is 0 Å². The topological polar surface area (TPSA) is 35.5 Å². The number of hydrogen-bond donors (Lipinski definition) is 0. The third-order valence-corrected chi connectivity index (χ3v) is 5.53. The van der Waals surface area contributed by atoms with Crippen LogP contribution in [0.4, 0.5) is 0 Å². The predicted octanol–water partition coefficient (Wildman–Crippen LogP) is 8.20. The van der Waals surface area contributed by atoms with Gasteiger partial charge in [-0.3, -0.25) is 0 Å². The summed E-state index contributed by atoms with van der Waals surface area (Å²) in [4.78, 5) is 12.1. The van der Waals surface area contributed by atoms with Crippen LogP contribution in [-0.2, 0) is 4.74 Å². The standard InChI is InChI=1S/C28H38O3/c1-4-6-7-8-9-10-11-12-21-30-27-19-17-25(18-20-27)24-13-15-26(16-14-24)28(29)31-22-23(3)5-2/h12-21,23H,4-11,22H2,1-3H3. The van der Waals surface area contributed by atoms with E-state index in [0.717, 1.165) is 29.7 Å². The quantitative estimate of drug-likeness (QED) is 0.175. The summed E-state index contributed by atoms with van der Waals surface area (Å²) in [5.41, 5.74) is 2.73. The molecule has 3 nitrogen and oxygen atoms in total. The first kappa shape index (κ1) is 24.7. The van der Waals surface area contributed by atoms with Crippen molar-refractivity contribution in [1.29, 1.82) is 0 Å². The first-order valence-corrected chi connectivity index (χ1v) is 11.8. The van der Waals surface area contributed by atoms with Crippen LogP contribution in [0, 0.1) is 5.92 Å². The van der Waals surface area contributed by atoms with Crippen LogP contribution in [0.5, 0.6) is 5.75 Å². The van der Waals surface area contributed by atoms with Gasteiger partial charge in [0.2, 0.25) is 0 Å². The monoisotopic (exact) mass is 422 g/mol. The molecule has 0 saturated carbocycles. The van der Waals surface area contributed by atoms with Crippen molar-refractivity contribution in [3.63, 3.8) is 0 Å². The first-order chi connectivity index (χ1) is 15.1. The first-order valence-electron chi connectivity index (χ1n) is 11.8. The average Bonchev–Trinajstić information content (AvgIpc) is 2.81. The Morgan fingerprint density at radius 1 is 0.871 bits per heavy atom. The van der Waals surface area contributed by atoms with Crippen molar-refractivity contribution >= 4 is 5.97 Å². The summed E-state index contributed by atoms with van der Waals surface area (Å²) in [5, 5.41) is 0. The Labute approximate surface area is 188 Å². The third-order valence-electron chi connectivity index (χ3n) is 5.53. The van der Waals surface area contributed by atoms with Crippen LogP contribution in [0.1, 0.15) is 82.5 Å². The van der Waals surface area contributed by atoms with E-state index < -0.39 is 0 Å². The predicted molar refractivity (Wildman–Crippen MR) is 129 cm³/mol. The number of carbonyl (C=O) groups is 1. The fourth-order valence-corrected chi connectivity index (χ4v) is 3.18. The van der Waals surface area contributed by atoms with Gasteiger partial charge in [-0.15, -0.1) is 0 Å². The lowest BCUT2D eigenvalue weighted by Gasteiger charge is -2.10. The van der Waals surface area contributed by atoms with Gasteiger partial charge < -0.3 is 9.47 Å². The molecule has 0 N–H and O–H groups in total. The van der Waals surface area contributed by atoms with E-state index in [2.05, 4.69) is 26.8 Å². The van der Waals surface area contributed by atoms with Gasteiger partial charge in [-0.05, 0) is 60.2 Å². The molecule has 0 aliphatic carbocycles. The molecule has 0 bridgehead atoms. The minimum Gasteiger partial charge on any atom is -0.465 e. The third kappa shape index (κ3) is 9.42. The summed E-state index contributed by atoms with van der Waals surface area (Å²) in [6, 6.07) is 15.6. The van der Waals surface area contributed by atoms with Gasteiger partial charge >= 0.3 is 5.97 Å². The fraction of sp³-hybridized carbons (Fsp3) is 0.464. The second-order valence-corrected chi connectivity index (χ2v) is 8.26. The second kappa shape index (κ2) is 14.5. The number of esters is 1. The van der Waals surface area contributed by atoms with Crippen molar-refractivity contribution in [3.8, 4) is 16.9 Å². The van der Waals surface area contributed by atoms with Crippen molar-refractivity contribution in [2.24, 2.45) is 5.92 Å². The molecular weight excluding hydrogens is 384 g/mol. The highest BCUT2D eigenvalue weighted by molar-refractivity contribution is 5.90. The Balaban J connectivity index is 1.77. The molecule has 1 unspecified atom stereocenters. The van der Waals surface area contributed by atoms with E-state index in [9.17, 15) is 4.79 Å². The second-order valence-electron chi connectivity index (χ2n) is 8.26. The van der Waals surface area contributed by atoms with Gasteiger partial charge in [-0.25, -0.2) is 4.79 Å². The van der Waals surface area contributed by atoms with Crippen LogP contribution < -0.4 is 4.74 Å². The van der Waals surface area contributed by atoms with Crippen molar-refractivity contribution in [2.45, 2.75) is 72.1 Å². The summed E-state index contributed by atoms with van der Waals surface area (Å²) in [6.07, 6.45) is 13.8. The van der Waals surface area contributed by atoms with Crippen LogP contribution in [0.15, 0.2) is 60.9 Å². The number of unbranched alkanes of at least 4 members (excludes halogenated alkanes) is 6. The molecule has 0 spiro atoms. The zero-order valence-corrected chi connectivity index (χ0v) is 19.4. The molecule has 0 amide bonds. The van der Waals surface area contributed by atoms with Crippen molar-refractivity contribution in [2.75, 3.05) is 6.61 Å². The number of rotatable bonds is 14. The highest BCUT2D eigenvalue weighted by Crippen LogP contribution is 2.23.